The minimum Gasteiger partial charge on any atom is -0.492 e. The van der Waals surface area contributed by atoms with Gasteiger partial charge < -0.3 is 10.1 Å². The van der Waals surface area contributed by atoms with Gasteiger partial charge in [0.15, 0.2) is 0 Å². The van der Waals surface area contributed by atoms with E-state index >= 15 is 0 Å². The van der Waals surface area contributed by atoms with E-state index in [1.54, 1.807) is 0 Å². The second-order valence-electron chi connectivity index (χ2n) is 5.73. The van der Waals surface area contributed by atoms with Crippen molar-refractivity contribution in [2.24, 2.45) is 5.92 Å². The first kappa shape index (κ1) is 15.3. The Hall–Kier alpha value is -1.06. The molecular formula is C17H28N2O. The summed E-state index contributed by atoms with van der Waals surface area (Å²) < 4.78 is 5.99. The van der Waals surface area contributed by atoms with Crippen LogP contribution < -0.4 is 10.1 Å². The third-order valence-electron chi connectivity index (χ3n) is 3.76. The molecule has 3 nitrogen and oxygen atoms in total. The van der Waals surface area contributed by atoms with Gasteiger partial charge in [0.25, 0.3) is 0 Å². The average Bonchev–Trinajstić information content (AvgIpc) is 3.25. The smallest absolute Gasteiger partial charge is 0.123 e. The van der Waals surface area contributed by atoms with Crippen molar-refractivity contribution in [1.29, 1.82) is 0 Å². The van der Waals surface area contributed by atoms with E-state index in [4.69, 9.17) is 4.74 Å². The minimum atomic E-state index is 0.785. The van der Waals surface area contributed by atoms with Crippen LogP contribution >= 0.6 is 0 Å². The zero-order valence-corrected chi connectivity index (χ0v) is 12.9. The highest BCUT2D eigenvalue weighted by atomic mass is 16.5. The first-order valence-electron chi connectivity index (χ1n) is 7.91. The predicted molar refractivity (Wildman–Crippen MR) is 84.2 cm³/mol. The standard InChI is InChI=1S/C17H28N2O/c1-3-10-19(14-15-8-9-15)11-12-20-17-7-5-4-6-16(17)13-18-2/h4-7,15,18H,3,8-14H2,1-2H3. The van der Waals surface area contributed by atoms with E-state index in [9.17, 15) is 0 Å². The van der Waals surface area contributed by atoms with Gasteiger partial charge in [-0.25, -0.2) is 0 Å². The topological polar surface area (TPSA) is 24.5 Å². The molecule has 1 aromatic carbocycles. The van der Waals surface area contributed by atoms with E-state index in [1.165, 1.54) is 37.9 Å². The predicted octanol–water partition coefficient (Wildman–Crippen LogP) is 2.91. The molecule has 1 N–H and O–H groups in total. The molecule has 112 valence electrons. The molecule has 1 aromatic rings. The Morgan fingerprint density at radius 3 is 2.75 bits per heavy atom. The molecule has 0 saturated heterocycles. The number of nitrogens with one attached hydrogen (secondary N) is 1. The third-order valence-corrected chi connectivity index (χ3v) is 3.76. The van der Waals surface area contributed by atoms with Gasteiger partial charge in [0, 0.05) is 25.2 Å². The van der Waals surface area contributed by atoms with E-state index < -0.39 is 0 Å². The molecule has 1 aliphatic carbocycles. The summed E-state index contributed by atoms with van der Waals surface area (Å²) in [5.41, 5.74) is 1.24. The van der Waals surface area contributed by atoms with Crippen molar-refractivity contribution in [1.82, 2.24) is 10.2 Å². The Labute approximate surface area is 123 Å². The highest BCUT2D eigenvalue weighted by Gasteiger charge is 2.23. The molecular weight excluding hydrogens is 248 g/mol. The van der Waals surface area contributed by atoms with E-state index in [0.29, 0.717) is 0 Å². The summed E-state index contributed by atoms with van der Waals surface area (Å²) in [6, 6.07) is 8.30. The van der Waals surface area contributed by atoms with E-state index in [0.717, 1.165) is 31.4 Å². The Morgan fingerprint density at radius 2 is 2.05 bits per heavy atom. The van der Waals surface area contributed by atoms with Gasteiger partial charge in [0.1, 0.15) is 12.4 Å². The summed E-state index contributed by atoms with van der Waals surface area (Å²) in [4.78, 5) is 2.55. The molecule has 0 unspecified atom stereocenters. The lowest BCUT2D eigenvalue weighted by Gasteiger charge is -2.22. The highest BCUT2D eigenvalue weighted by molar-refractivity contribution is 5.33. The Morgan fingerprint density at radius 1 is 1.25 bits per heavy atom. The first-order valence-corrected chi connectivity index (χ1v) is 7.91. The molecule has 0 amide bonds. The summed E-state index contributed by atoms with van der Waals surface area (Å²) >= 11 is 0. The molecule has 0 spiro atoms. The SMILES string of the molecule is CCCN(CCOc1ccccc1CNC)CC1CC1. The van der Waals surface area contributed by atoms with Crippen LogP contribution in [0.2, 0.25) is 0 Å². The van der Waals surface area contributed by atoms with Crippen LogP contribution in [0, 0.1) is 5.92 Å². The van der Waals surface area contributed by atoms with Gasteiger partial charge in [-0.05, 0) is 44.8 Å². The molecule has 0 bridgehead atoms. The maximum Gasteiger partial charge on any atom is 0.123 e. The van der Waals surface area contributed by atoms with Crippen LogP contribution in [0.15, 0.2) is 24.3 Å². The van der Waals surface area contributed by atoms with Gasteiger partial charge in [0.2, 0.25) is 0 Å². The molecule has 0 radical (unpaired) electrons. The van der Waals surface area contributed by atoms with Crippen LogP contribution in [0.25, 0.3) is 0 Å². The highest BCUT2D eigenvalue weighted by Crippen LogP contribution is 2.29. The van der Waals surface area contributed by atoms with Gasteiger partial charge in [-0.3, -0.25) is 4.90 Å². The summed E-state index contributed by atoms with van der Waals surface area (Å²) in [6.07, 6.45) is 4.07. The molecule has 0 aromatic heterocycles. The number of hydrogen-bond donors (Lipinski definition) is 1. The number of rotatable bonds is 10. The lowest BCUT2D eigenvalue weighted by molar-refractivity contribution is 0.202. The second-order valence-corrected chi connectivity index (χ2v) is 5.73. The normalized spacial score (nSPS) is 14.8. The van der Waals surface area contributed by atoms with Gasteiger partial charge in [-0.2, -0.15) is 0 Å². The number of hydrogen-bond acceptors (Lipinski definition) is 3. The largest absolute Gasteiger partial charge is 0.492 e. The van der Waals surface area contributed by atoms with Crippen molar-refractivity contribution in [2.75, 3.05) is 33.3 Å². The monoisotopic (exact) mass is 276 g/mol. The van der Waals surface area contributed by atoms with Gasteiger partial charge >= 0.3 is 0 Å². The fraction of sp³-hybridized carbons (Fsp3) is 0.647. The number of benzene rings is 1. The van der Waals surface area contributed by atoms with Crippen LogP contribution in [0.5, 0.6) is 5.75 Å². The van der Waals surface area contributed by atoms with Gasteiger partial charge in [-0.15, -0.1) is 0 Å². The van der Waals surface area contributed by atoms with Gasteiger partial charge in [0.05, 0.1) is 0 Å². The lowest BCUT2D eigenvalue weighted by Crippen LogP contribution is -2.31. The van der Waals surface area contributed by atoms with Crippen molar-refractivity contribution < 1.29 is 4.74 Å². The average molecular weight is 276 g/mol. The molecule has 20 heavy (non-hydrogen) atoms. The maximum absolute atomic E-state index is 5.99. The molecule has 1 aliphatic rings. The maximum atomic E-state index is 5.99. The lowest BCUT2D eigenvalue weighted by atomic mass is 10.2. The van der Waals surface area contributed by atoms with Crippen molar-refractivity contribution in [3.63, 3.8) is 0 Å². The van der Waals surface area contributed by atoms with E-state index in [2.05, 4.69) is 35.3 Å². The summed E-state index contributed by atoms with van der Waals surface area (Å²) in [6.45, 7) is 7.39. The quantitative estimate of drug-likeness (QED) is 0.711. The molecule has 0 aliphatic heterocycles. The van der Waals surface area contributed by atoms with Crippen LogP contribution in [0.4, 0.5) is 0 Å². The minimum absolute atomic E-state index is 0.785. The van der Waals surface area contributed by atoms with Crippen LogP contribution in [0.1, 0.15) is 31.7 Å². The Bertz CT molecular complexity index is 390. The molecule has 1 saturated carbocycles. The van der Waals surface area contributed by atoms with Crippen molar-refractivity contribution >= 4 is 0 Å². The Kier molecular flexibility index (Phi) is 6.34. The Balaban J connectivity index is 1.78. The molecule has 2 rings (SSSR count). The molecule has 0 atom stereocenters. The number of nitrogens with zero attached hydrogens (tertiary/aromatic N) is 1. The fourth-order valence-electron chi connectivity index (χ4n) is 2.54. The third kappa shape index (κ3) is 5.14. The zero-order chi connectivity index (χ0) is 14.2. The zero-order valence-electron chi connectivity index (χ0n) is 12.9. The van der Waals surface area contributed by atoms with Crippen molar-refractivity contribution in [3.8, 4) is 5.75 Å². The number of para-hydroxylation sites is 1. The van der Waals surface area contributed by atoms with Crippen LogP contribution in [-0.4, -0.2) is 38.2 Å². The molecule has 1 fully saturated rings. The van der Waals surface area contributed by atoms with Crippen molar-refractivity contribution in [3.05, 3.63) is 29.8 Å². The molecule has 3 heteroatoms. The molecule has 0 heterocycles. The van der Waals surface area contributed by atoms with Crippen LogP contribution in [-0.2, 0) is 6.54 Å². The van der Waals surface area contributed by atoms with Crippen LogP contribution in [0.3, 0.4) is 0 Å². The summed E-state index contributed by atoms with van der Waals surface area (Å²) in [7, 11) is 1.97. The summed E-state index contributed by atoms with van der Waals surface area (Å²) in [5, 5.41) is 3.19. The van der Waals surface area contributed by atoms with E-state index in [1.807, 2.05) is 13.1 Å². The van der Waals surface area contributed by atoms with Gasteiger partial charge in [-0.1, -0.05) is 25.1 Å². The second kappa shape index (κ2) is 8.28. The number of ether oxygens (including phenoxy) is 1. The van der Waals surface area contributed by atoms with E-state index in [-0.39, 0.29) is 0 Å². The fourth-order valence-corrected chi connectivity index (χ4v) is 2.54. The summed E-state index contributed by atoms with van der Waals surface area (Å²) in [5.74, 6) is 1.97. The first-order chi connectivity index (χ1) is 9.83. The van der Waals surface area contributed by atoms with Crippen molar-refractivity contribution in [2.45, 2.75) is 32.7 Å².